The molecule has 9 heteroatoms. The van der Waals surface area contributed by atoms with Gasteiger partial charge in [0, 0.05) is 12.1 Å². The number of urea groups is 1. The molecule has 1 fully saturated rings. The van der Waals surface area contributed by atoms with Gasteiger partial charge < -0.3 is 20.7 Å². The van der Waals surface area contributed by atoms with E-state index in [1.54, 1.807) is 24.4 Å². The maximum absolute atomic E-state index is 13.2. The van der Waals surface area contributed by atoms with Crippen molar-refractivity contribution in [3.05, 3.63) is 77.7 Å². The number of nitrogens with one attached hydrogen (secondary N) is 4. The Morgan fingerprint density at radius 2 is 1.91 bits per heavy atom. The van der Waals surface area contributed by atoms with Gasteiger partial charge in [0.05, 0.1) is 36.4 Å². The number of amides is 3. The Morgan fingerprint density at radius 1 is 1.09 bits per heavy atom. The Balaban J connectivity index is 1.45. The summed E-state index contributed by atoms with van der Waals surface area (Å²) >= 11 is 0. The summed E-state index contributed by atoms with van der Waals surface area (Å²) in [6.45, 7) is 3.36. The van der Waals surface area contributed by atoms with E-state index >= 15 is 0 Å². The predicted octanol–water partition coefficient (Wildman–Crippen LogP) is 3.14. The topological polar surface area (TPSA) is 117 Å². The molecule has 2 heterocycles. The van der Waals surface area contributed by atoms with Gasteiger partial charge in [0.2, 0.25) is 0 Å². The fourth-order valence-electron chi connectivity index (χ4n) is 4.01. The van der Waals surface area contributed by atoms with Gasteiger partial charge in [-0.1, -0.05) is 30.3 Å². The first-order chi connectivity index (χ1) is 16.5. The van der Waals surface area contributed by atoms with E-state index in [2.05, 4.69) is 43.4 Å². The van der Waals surface area contributed by atoms with Crippen molar-refractivity contribution < 1.29 is 14.3 Å². The van der Waals surface area contributed by atoms with Gasteiger partial charge in [0.1, 0.15) is 5.75 Å². The van der Waals surface area contributed by atoms with Crippen LogP contribution in [-0.4, -0.2) is 47.6 Å². The molecule has 2 aromatic carbocycles. The molecule has 1 aliphatic heterocycles. The second-order valence-corrected chi connectivity index (χ2v) is 8.36. The second kappa shape index (κ2) is 10.3. The number of aryl methyl sites for hydroxylation is 1. The van der Waals surface area contributed by atoms with Crippen LogP contribution in [-0.2, 0) is 6.42 Å². The van der Waals surface area contributed by atoms with Gasteiger partial charge in [-0.25, -0.2) is 9.78 Å². The number of rotatable bonds is 7. The minimum absolute atomic E-state index is 0.191. The number of methoxy groups -OCH3 is 1. The van der Waals surface area contributed by atoms with E-state index in [0.717, 1.165) is 25.1 Å². The number of aromatic nitrogens is 2. The summed E-state index contributed by atoms with van der Waals surface area (Å²) in [6, 6.07) is 14.6. The van der Waals surface area contributed by atoms with Crippen LogP contribution in [0.25, 0.3) is 0 Å². The molecule has 9 nitrogen and oxygen atoms in total. The Labute approximate surface area is 198 Å². The van der Waals surface area contributed by atoms with E-state index in [1.165, 1.54) is 18.9 Å². The standard InChI is InChI=1S/C25H28N6O3/c1-17-14-28-22(15-27-17)30-24(33)29-20-9-8-19(12-21(20)34-2)23(32)31-25(10-11-26-16-25)13-18-6-4-3-5-7-18/h3-9,12,14-15,26H,10-11,13,16H2,1-2H3,(H,31,32)(H2,28,29,30,33). The Morgan fingerprint density at radius 3 is 2.59 bits per heavy atom. The van der Waals surface area contributed by atoms with Crippen molar-refractivity contribution >= 4 is 23.4 Å². The van der Waals surface area contributed by atoms with Gasteiger partial charge in [-0.2, -0.15) is 0 Å². The van der Waals surface area contributed by atoms with Crippen molar-refractivity contribution in [1.29, 1.82) is 0 Å². The van der Waals surface area contributed by atoms with Crippen molar-refractivity contribution in [2.24, 2.45) is 0 Å². The summed E-state index contributed by atoms with van der Waals surface area (Å²) < 4.78 is 5.43. The Kier molecular flexibility index (Phi) is 7.03. The van der Waals surface area contributed by atoms with Gasteiger partial charge in [0.25, 0.3) is 5.91 Å². The fourth-order valence-corrected chi connectivity index (χ4v) is 4.01. The van der Waals surface area contributed by atoms with Gasteiger partial charge in [-0.15, -0.1) is 0 Å². The number of ether oxygens (including phenoxy) is 1. The number of carbonyl (C=O) groups is 2. The van der Waals surface area contributed by atoms with Crippen LogP contribution < -0.4 is 26.0 Å². The summed E-state index contributed by atoms with van der Waals surface area (Å²) in [6.07, 6.45) is 4.62. The van der Waals surface area contributed by atoms with Crippen molar-refractivity contribution in [2.75, 3.05) is 30.8 Å². The Hall–Kier alpha value is -3.98. The summed E-state index contributed by atoms with van der Waals surface area (Å²) in [5.74, 6) is 0.510. The molecule has 1 aromatic heterocycles. The smallest absolute Gasteiger partial charge is 0.324 e. The van der Waals surface area contributed by atoms with Crippen molar-refractivity contribution in [3.63, 3.8) is 0 Å². The molecule has 4 rings (SSSR count). The average Bonchev–Trinajstić information content (AvgIpc) is 3.29. The number of nitrogens with zero attached hydrogens (tertiary/aromatic N) is 2. The van der Waals surface area contributed by atoms with E-state index in [0.29, 0.717) is 29.4 Å². The van der Waals surface area contributed by atoms with Crippen LogP contribution in [0.5, 0.6) is 5.75 Å². The minimum atomic E-state index is -0.493. The van der Waals surface area contributed by atoms with Crippen molar-refractivity contribution in [2.45, 2.75) is 25.3 Å². The molecule has 0 bridgehead atoms. The molecular formula is C25H28N6O3. The van der Waals surface area contributed by atoms with Crippen molar-refractivity contribution in [3.8, 4) is 5.75 Å². The maximum atomic E-state index is 13.2. The van der Waals surface area contributed by atoms with Gasteiger partial charge in [0.15, 0.2) is 5.82 Å². The van der Waals surface area contributed by atoms with Crippen LogP contribution in [0.3, 0.4) is 0 Å². The minimum Gasteiger partial charge on any atom is -0.495 e. The van der Waals surface area contributed by atoms with Crippen LogP contribution >= 0.6 is 0 Å². The summed E-state index contributed by atoms with van der Waals surface area (Å²) in [5.41, 5.74) is 2.44. The molecule has 4 N–H and O–H groups in total. The van der Waals surface area contributed by atoms with E-state index in [4.69, 9.17) is 4.74 Å². The highest BCUT2D eigenvalue weighted by Crippen LogP contribution is 2.27. The fraction of sp³-hybridized carbons (Fsp3) is 0.280. The molecule has 0 aliphatic carbocycles. The van der Waals surface area contributed by atoms with Crippen LogP contribution in [0.4, 0.5) is 16.3 Å². The lowest BCUT2D eigenvalue weighted by Crippen LogP contribution is -2.51. The molecule has 0 spiro atoms. The van der Waals surface area contributed by atoms with Crippen LogP contribution in [0.2, 0.25) is 0 Å². The normalized spacial score (nSPS) is 17.1. The zero-order chi connectivity index (χ0) is 24.0. The highest BCUT2D eigenvalue weighted by Gasteiger charge is 2.35. The molecule has 176 valence electrons. The van der Waals surface area contributed by atoms with E-state index in [-0.39, 0.29) is 11.4 Å². The summed E-state index contributed by atoms with van der Waals surface area (Å²) in [7, 11) is 1.49. The highest BCUT2D eigenvalue weighted by atomic mass is 16.5. The zero-order valence-electron chi connectivity index (χ0n) is 19.2. The monoisotopic (exact) mass is 460 g/mol. The molecule has 3 amide bonds. The molecule has 3 aromatic rings. The molecule has 34 heavy (non-hydrogen) atoms. The van der Waals surface area contributed by atoms with Gasteiger partial charge >= 0.3 is 6.03 Å². The first-order valence-corrected chi connectivity index (χ1v) is 11.1. The molecule has 1 unspecified atom stereocenters. The number of anilines is 2. The molecule has 1 atom stereocenters. The SMILES string of the molecule is COc1cc(C(=O)NC2(Cc3ccccc3)CCNC2)ccc1NC(=O)Nc1cnc(C)cn1. The van der Waals surface area contributed by atoms with Gasteiger partial charge in [-0.05, 0) is 50.1 Å². The molecular weight excluding hydrogens is 432 g/mol. The lowest BCUT2D eigenvalue weighted by Gasteiger charge is -2.30. The maximum Gasteiger partial charge on any atom is 0.324 e. The molecule has 1 saturated heterocycles. The summed E-state index contributed by atoms with van der Waals surface area (Å²) in [4.78, 5) is 33.7. The number of hydrogen-bond donors (Lipinski definition) is 4. The van der Waals surface area contributed by atoms with E-state index in [1.807, 2.05) is 25.1 Å². The van der Waals surface area contributed by atoms with Gasteiger partial charge in [-0.3, -0.25) is 15.1 Å². The number of carbonyl (C=O) groups excluding carboxylic acids is 2. The van der Waals surface area contributed by atoms with Crippen molar-refractivity contribution in [1.82, 2.24) is 20.6 Å². The Bertz CT molecular complexity index is 1150. The summed E-state index contributed by atoms with van der Waals surface area (Å²) in [5, 5.41) is 11.9. The highest BCUT2D eigenvalue weighted by molar-refractivity contribution is 6.01. The largest absolute Gasteiger partial charge is 0.495 e. The van der Waals surface area contributed by atoms with Crippen LogP contribution in [0.1, 0.15) is 28.0 Å². The van der Waals surface area contributed by atoms with E-state index in [9.17, 15) is 9.59 Å². The lowest BCUT2D eigenvalue weighted by atomic mass is 9.89. The van der Waals surface area contributed by atoms with E-state index < -0.39 is 6.03 Å². The predicted molar refractivity (Wildman–Crippen MR) is 130 cm³/mol. The zero-order valence-corrected chi connectivity index (χ0v) is 19.2. The third-order valence-electron chi connectivity index (χ3n) is 5.74. The third kappa shape index (κ3) is 5.68. The molecule has 0 radical (unpaired) electrons. The third-order valence-corrected chi connectivity index (χ3v) is 5.74. The lowest BCUT2D eigenvalue weighted by molar-refractivity contribution is 0.0905. The number of hydrogen-bond acceptors (Lipinski definition) is 6. The molecule has 0 saturated carbocycles. The second-order valence-electron chi connectivity index (χ2n) is 8.36. The van der Waals surface area contributed by atoms with Crippen LogP contribution in [0, 0.1) is 6.92 Å². The average molecular weight is 461 g/mol. The first kappa shape index (κ1) is 23.2. The van der Waals surface area contributed by atoms with Crippen LogP contribution in [0.15, 0.2) is 60.9 Å². The molecule has 1 aliphatic rings. The number of benzene rings is 2. The quantitative estimate of drug-likeness (QED) is 0.430. The first-order valence-electron chi connectivity index (χ1n) is 11.1.